The van der Waals surface area contributed by atoms with Crippen molar-refractivity contribution < 1.29 is 13.2 Å². The second-order valence-electron chi connectivity index (χ2n) is 5.30. The van der Waals surface area contributed by atoms with Crippen LogP contribution in [0.2, 0.25) is 0 Å². The lowest BCUT2D eigenvalue weighted by molar-refractivity contribution is 0.0953. The monoisotopic (exact) mass is 332 g/mol. The molecule has 0 aliphatic heterocycles. The van der Waals surface area contributed by atoms with Crippen LogP contribution >= 0.6 is 0 Å². The first-order chi connectivity index (χ1) is 10.9. The quantitative estimate of drug-likeness (QED) is 0.765. The predicted molar refractivity (Wildman–Crippen MR) is 92.0 cm³/mol. The normalized spacial score (nSPS) is 11.0. The number of benzene rings is 2. The molecule has 0 radical (unpaired) electrons. The molecule has 1 amide bonds. The van der Waals surface area contributed by atoms with Gasteiger partial charge in [0.1, 0.15) is 0 Å². The zero-order valence-electron chi connectivity index (χ0n) is 13.0. The van der Waals surface area contributed by atoms with E-state index in [9.17, 15) is 13.2 Å². The highest BCUT2D eigenvalue weighted by molar-refractivity contribution is 7.92. The zero-order valence-corrected chi connectivity index (χ0v) is 13.8. The third kappa shape index (κ3) is 6.12. The van der Waals surface area contributed by atoms with Gasteiger partial charge in [-0.3, -0.25) is 9.52 Å². The van der Waals surface area contributed by atoms with Crippen LogP contribution in [0.3, 0.4) is 0 Å². The summed E-state index contributed by atoms with van der Waals surface area (Å²) in [7, 11) is -3.35. The number of nitrogens with one attached hydrogen (secondary N) is 2. The van der Waals surface area contributed by atoms with Gasteiger partial charge < -0.3 is 5.32 Å². The van der Waals surface area contributed by atoms with Gasteiger partial charge in [0.25, 0.3) is 5.91 Å². The second kappa shape index (κ2) is 7.78. The number of rotatable bonds is 7. The van der Waals surface area contributed by atoms with Crippen LogP contribution in [-0.2, 0) is 16.4 Å². The molecule has 5 nitrogen and oxygen atoms in total. The smallest absolute Gasteiger partial charge is 0.251 e. The molecule has 0 heterocycles. The topological polar surface area (TPSA) is 75.3 Å². The first kappa shape index (κ1) is 17.0. The van der Waals surface area contributed by atoms with E-state index in [1.54, 1.807) is 18.2 Å². The Bertz CT molecular complexity index is 758. The van der Waals surface area contributed by atoms with Gasteiger partial charge in [0.15, 0.2) is 0 Å². The van der Waals surface area contributed by atoms with E-state index in [0.29, 0.717) is 17.8 Å². The Balaban J connectivity index is 1.85. The largest absolute Gasteiger partial charge is 0.352 e. The van der Waals surface area contributed by atoms with E-state index in [0.717, 1.165) is 19.1 Å². The van der Waals surface area contributed by atoms with Crippen molar-refractivity contribution in [1.29, 1.82) is 0 Å². The number of hydrogen-bond donors (Lipinski definition) is 2. The molecular formula is C17H20N2O3S. The minimum atomic E-state index is -3.35. The standard InChI is InChI=1S/C17H20N2O3S/c1-23(21,22)19-16-11-5-10-15(13-16)17(20)18-12-6-9-14-7-3-2-4-8-14/h2-5,7-8,10-11,13,19H,6,9,12H2,1H3,(H,18,20). The minimum absolute atomic E-state index is 0.213. The van der Waals surface area contributed by atoms with Crippen molar-refractivity contribution in [3.8, 4) is 0 Å². The fraction of sp³-hybridized carbons (Fsp3) is 0.235. The predicted octanol–water partition coefficient (Wildman–Crippen LogP) is 2.42. The molecule has 6 heteroatoms. The van der Waals surface area contributed by atoms with Crippen LogP contribution in [0.15, 0.2) is 54.6 Å². The molecule has 0 unspecified atom stereocenters. The molecule has 122 valence electrons. The van der Waals surface area contributed by atoms with Gasteiger partial charge in [-0.05, 0) is 36.6 Å². The number of anilines is 1. The molecule has 0 aliphatic carbocycles. The molecule has 0 bridgehead atoms. The molecule has 0 aliphatic rings. The van der Waals surface area contributed by atoms with Crippen molar-refractivity contribution in [1.82, 2.24) is 5.32 Å². The van der Waals surface area contributed by atoms with E-state index in [-0.39, 0.29) is 5.91 Å². The van der Waals surface area contributed by atoms with Crippen LogP contribution in [0.4, 0.5) is 5.69 Å². The zero-order chi connectivity index (χ0) is 16.7. The van der Waals surface area contributed by atoms with Gasteiger partial charge in [0.05, 0.1) is 6.26 Å². The third-order valence-corrected chi connectivity index (χ3v) is 3.81. The van der Waals surface area contributed by atoms with E-state index in [1.165, 1.54) is 11.6 Å². The third-order valence-electron chi connectivity index (χ3n) is 3.20. The van der Waals surface area contributed by atoms with E-state index >= 15 is 0 Å². The van der Waals surface area contributed by atoms with E-state index in [4.69, 9.17) is 0 Å². The number of sulfonamides is 1. The van der Waals surface area contributed by atoms with E-state index in [1.807, 2.05) is 18.2 Å². The molecule has 2 aromatic carbocycles. The Morgan fingerprint density at radius 3 is 2.48 bits per heavy atom. The van der Waals surface area contributed by atoms with Crippen molar-refractivity contribution in [3.63, 3.8) is 0 Å². The van der Waals surface area contributed by atoms with Gasteiger partial charge in [-0.25, -0.2) is 8.42 Å². The molecule has 0 fully saturated rings. The average Bonchev–Trinajstić information content (AvgIpc) is 2.51. The Morgan fingerprint density at radius 1 is 1.04 bits per heavy atom. The molecule has 0 atom stereocenters. The molecular weight excluding hydrogens is 312 g/mol. The fourth-order valence-corrected chi connectivity index (χ4v) is 2.73. The maximum Gasteiger partial charge on any atom is 0.251 e. The summed E-state index contributed by atoms with van der Waals surface area (Å²) in [5.41, 5.74) is 2.05. The fourth-order valence-electron chi connectivity index (χ4n) is 2.18. The highest BCUT2D eigenvalue weighted by Crippen LogP contribution is 2.12. The molecule has 23 heavy (non-hydrogen) atoms. The average molecular weight is 332 g/mol. The summed E-state index contributed by atoms with van der Waals surface area (Å²) in [4.78, 5) is 12.1. The summed E-state index contributed by atoms with van der Waals surface area (Å²) in [6.45, 7) is 0.567. The van der Waals surface area contributed by atoms with Gasteiger partial charge in [0, 0.05) is 17.8 Å². The summed E-state index contributed by atoms with van der Waals surface area (Å²) in [5.74, 6) is -0.213. The number of carbonyl (C=O) groups excluding carboxylic acids is 1. The van der Waals surface area contributed by atoms with Crippen molar-refractivity contribution in [2.75, 3.05) is 17.5 Å². The summed E-state index contributed by atoms with van der Waals surface area (Å²) in [5, 5.41) is 2.84. The lowest BCUT2D eigenvalue weighted by Gasteiger charge is -2.08. The van der Waals surface area contributed by atoms with Crippen molar-refractivity contribution >= 4 is 21.6 Å². The first-order valence-corrected chi connectivity index (χ1v) is 9.23. The van der Waals surface area contributed by atoms with Crippen molar-refractivity contribution in [3.05, 3.63) is 65.7 Å². The van der Waals surface area contributed by atoms with Crippen LogP contribution in [0.1, 0.15) is 22.3 Å². The molecule has 0 saturated carbocycles. The molecule has 2 N–H and O–H groups in total. The van der Waals surface area contributed by atoms with Gasteiger partial charge >= 0.3 is 0 Å². The number of amides is 1. The highest BCUT2D eigenvalue weighted by Gasteiger charge is 2.07. The summed E-state index contributed by atoms with van der Waals surface area (Å²) in [6.07, 6.45) is 2.82. The second-order valence-corrected chi connectivity index (χ2v) is 7.05. The molecule has 2 aromatic rings. The van der Waals surface area contributed by atoms with Crippen LogP contribution in [0.25, 0.3) is 0 Å². The van der Waals surface area contributed by atoms with E-state index < -0.39 is 10.0 Å². The minimum Gasteiger partial charge on any atom is -0.352 e. The number of hydrogen-bond acceptors (Lipinski definition) is 3. The molecule has 2 rings (SSSR count). The van der Waals surface area contributed by atoms with E-state index in [2.05, 4.69) is 22.2 Å². The van der Waals surface area contributed by atoms with Crippen LogP contribution in [0, 0.1) is 0 Å². The lowest BCUT2D eigenvalue weighted by Crippen LogP contribution is -2.25. The van der Waals surface area contributed by atoms with Crippen LogP contribution in [-0.4, -0.2) is 27.1 Å². The first-order valence-electron chi connectivity index (χ1n) is 7.34. The SMILES string of the molecule is CS(=O)(=O)Nc1cccc(C(=O)NCCCc2ccccc2)c1. The Hall–Kier alpha value is -2.34. The highest BCUT2D eigenvalue weighted by atomic mass is 32.2. The maximum atomic E-state index is 12.1. The van der Waals surface area contributed by atoms with Gasteiger partial charge in [0.2, 0.25) is 10.0 Å². The van der Waals surface area contributed by atoms with Crippen LogP contribution < -0.4 is 10.0 Å². The lowest BCUT2D eigenvalue weighted by atomic mass is 10.1. The number of carbonyl (C=O) groups is 1. The van der Waals surface area contributed by atoms with Gasteiger partial charge in [-0.2, -0.15) is 0 Å². The maximum absolute atomic E-state index is 12.1. The number of aryl methyl sites for hydroxylation is 1. The van der Waals surface area contributed by atoms with Crippen LogP contribution in [0.5, 0.6) is 0 Å². The van der Waals surface area contributed by atoms with Gasteiger partial charge in [-0.1, -0.05) is 36.4 Å². The Labute approximate surface area is 136 Å². The van der Waals surface area contributed by atoms with Crippen molar-refractivity contribution in [2.24, 2.45) is 0 Å². The summed E-state index contributed by atoms with van der Waals surface area (Å²) in [6, 6.07) is 16.5. The molecule has 0 aromatic heterocycles. The van der Waals surface area contributed by atoms with Gasteiger partial charge in [-0.15, -0.1) is 0 Å². The summed E-state index contributed by atoms with van der Waals surface area (Å²) < 4.78 is 24.8. The summed E-state index contributed by atoms with van der Waals surface area (Å²) >= 11 is 0. The molecule has 0 saturated heterocycles. The van der Waals surface area contributed by atoms with Crippen molar-refractivity contribution in [2.45, 2.75) is 12.8 Å². The Morgan fingerprint density at radius 2 is 1.78 bits per heavy atom. The Kier molecular flexibility index (Phi) is 5.76. The molecule has 0 spiro atoms.